The Hall–Kier alpha value is -0.870. The quantitative estimate of drug-likeness (QED) is 0.600. The van der Waals surface area contributed by atoms with Gasteiger partial charge in [0.2, 0.25) is 10.0 Å². The zero-order chi connectivity index (χ0) is 13.0. The first-order chi connectivity index (χ1) is 7.02. The fourth-order valence-electron chi connectivity index (χ4n) is 0.795. The first-order valence-corrected chi connectivity index (χ1v) is 5.75. The van der Waals surface area contributed by atoms with Crippen molar-refractivity contribution in [3.05, 3.63) is 0 Å². The molecule has 1 aliphatic heterocycles. The van der Waals surface area contributed by atoms with E-state index < -0.39 is 22.2 Å². The molecule has 0 spiro atoms. The lowest BCUT2D eigenvalue weighted by molar-refractivity contribution is -0.192. The van der Waals surface area contributed by atoms with Gasteiger partial charge >= 0.3 is 12.1 Å². The van der Waals surface area contributed by atoms with Gasteiger partial charge in [-0.2, -0.15) is 13.2 Å². The molecular formula is C6H11F3N2O4S. The van der Waals surface area contributed by atoms with E-state index in [0.717, 1.165) is 13.1 Å². The molecule has 0 saturated carbocycles. The monoisotopic (exact) mass is 264 g/mol. The first kappa shape index (κ1) is 15.1. The second kappa shape index (κ2) is 5.46. The largest absolute Gasteiger partial charge is 0.490 e. The van der Waals surface area contributed by atoms with Gasteiger partial charge in [-0.05, 0) is 5.92 Å². The van der Waals surface area contributed by atoms with E-state index in [2.05, 4.69) is 5.32 Å². The van der Waals surface area contributed by atoms with Gasteiger partial charge in [-0.25, -0.2) is 18.4 Å². The summed E-state index contributed by atoms with van der Waals surface area (Å²) in [6, 6.07) is 0. The fraction of sp³-hybridized carbons (Fsp3) is 0.833. The number of aliphatic carboxylic acids is 1. The summed E-state index contributed by atoms with van der Waals surface area (Å²) in [4.78, 5) is 8.90. The Morgan fingerprint density at radius 2 is 1.81 bits per heavy atom. The summed E-state index contributed by atoms with van der Waals surface area (Å²) in [5.41, 5.74) is 0. The highest BCUT2D eigenvalue weighted by molar-refractivity contribution is 7.89. The number of carbonyl (C=O) groups is 1. The van der Waals surface area contributed by atoms with Crippen LogP contribution in [-0.4, -0.2) is 44.5 Å². The number of nitrogens with one attached hydrogen (secondary N) is 1. The van der Waals surface area contributed by atoms with Crippen LogP contribution in [0.5, 0.6) is 0 Å². The molecule has 1 saturated heterocycles. The Labute approximate surface area is 89.7 Å². The average Bonchev–Trinajstić information content (AvgIpc) is 1.95. The van der Waals surface area contributed by atoms with Crippen molar-refractivity contribution in [1.29, 1.82) is 0 Å². The Morgan fingerprint density at radius 1 is 1.44 bits per heavy atom. The third-order valence-corrected chi connectivity index (χ3v) is 2.51. The Balaban J connectivity index is 0.000000293. The fourth-order valence-corrected chi connectivity index (χ4v) is 1.69. The molecular weight excluding hydrogens is 253 g/mol. The SMILES string of the molecule is NS(=O)(=O)CC1CNC1.O=C(O)C(F)(F)F. The van der Waals surface area contributed by atoms with E-state index in [1.165, 1.54) is 0 Å². The molecule has 0 atom stereocenters. The van der Waals surface area contributed by atoms with E-state index >= 15 is 0 Å². The molecule has 0 aromatic carbocycles. The molecule has 0 aromatic rings. The molecule has 0 bridgehead atoms. The van der Waals surface area contributed by atoms with Gasteiger partial charge in [-0.15, -0.1) is 0 Å². The number of nitrogens with two attached hydrogens (primary N) is 1. The number of hydrogen-bond donors (Lipinski definition) is 3. The minimum Gasteiger partial charge on any atom is -0.475 e. The minimum absolute atomic E-state index is 0.125. The van der Waals surface area contributed by atoms with Crippen molar-refractivity contribution in [3.8, 4) is 0 Å². The predicted octanol–water partition coefficient (Wildman–Crippen LogP) is -0.872. The van der Waals surface area contributed by atoms with E-state index in [9.17, 15) is 21.6 Å². The normalized spacial score (nSPS) is 17.0. The van der Waals surface area contributed by atoms with Gasteiger partial charge < -0.3 is 10.4 Å². The standard InChI is InChI=1S/C4H10N2O2S.C2HF3O2/c5-9(7,8)3-4-1-6-2-4;3-2(4,5)1(6)7/h4,6H,1-3H2,(H2,5,7,8);(H,6,7). The first-order valence-electron chi connectivity index (χ1n) is 4.03. The van der Waals surface area contributed by atoms with Crippen LogP contribution in [0, 0.1) is 5.92 Å². The number of alkyl halides is 3. The van der Waals surface area contributed by atoms with E-state index in [0.29, 0.717) is 0 Å². The second-order valence-corrected chi connectivity index (χ2v) is 4.82. The molecule has 96 valence electrons. The van der Waals surface area contributed by atoms with Crippen LogP contribution in [-0.2, 0) is 14.8 Å². The second-order valence-electron chi connectivity index (χ2n) is 3.16. The third kappa shape index (κ3) is 7.43. The highest BCUT2D eigenvalue weighted by atomic mass is 32.2. The van der Waals surface area contributed by atoms with Gasteiger partial charge in [-0.3, -0.25) is 0 Å². The lowest BCUT2D eigenvalue weighted by atomic mass is 10.1. The van der Waals surface area contributed by atoms with Crippen LogP contribution in [0.2, 0.25) is 0 Å². The molecule has 0 aromatic heterocycles. The van der Waals surface area contributed by atoms with Gasteiger partial charge in [0.1, 0.15) is 0 Å². The molecule has 0 radical (unpaired) electrons. The van der Waals surface area contributed by atoms with Gasteiger partial charge in [-0.1, -0.05) is 0 Å². The average molecular weight is 264 g/mol. The van der Waals surface area contributed by atoms with Crippen molar-refractivity contribution < 1.29 is 31.5 Å². The maximum Gasteiger partial charge on any atom is 0.490 e. The molecule has 1 aliphatic rings. The number of hydrogen-bond acceptors (Lipinski definition) is 4. The summed E-state index contributed by atoms with van der Waals surface area (Å²) >= 11 is 0. The lowest BCUT2D eigenvalue weighted by Gasteiger charge is -2.25. The highest BCUT2D eigenvalue weighted by Gasteiger charge is 2.38. The Morgan fingerprint density at radius 3 is 1.88 bits per heavy atom. The van der Waals surface area contributed by atoms with Crippen molar-refractivity contribution >= 4 is 16.0 Å². The number of rotatable bonds is 2. The Kier molecular flexibility index (Phi) is 5.16. The van der Waals surface area contributed by atoms with Crippen LogP contribution >= 0.6 is 0 Å². The molecule has 1 fully saturated rings. The maximum atomic E-state index is 10.6. The maximum absolute atomic E-state index is 10.6. The summed E-state index contributed by atoms with van der Waals surface area (Å²) in [6.45, 7) is 1.58. The topological polar surface area (TPSA) is 109 Å². The van der Waals surface area contributed by atoms with Crippen molar-refractivity contribution in [1.82, 2.24) is 5.32 Å². The van der Waals surface area contributed by atoms with Gasteiger partial charge in [0.15, 0.2) is 0 Å². The van der Waals surface area contributed by atoms with Crippen LogP contribution in [0.3, 0.4) is 0 Å². The van der Waals surface area contributed by atoms with Crippen LogP contribution in [0.4, 0.5) is 13.2 Å². The molecule has 1 heterocycles. The zero-order valence-electron chi connectivity index (χ0n) is 7.99. The summed E-state index contributed by atoms with van der Waals surface area (Å²) in [6.07, 6.45) is -5.08. The van der Waals surface area contributed by atoms with E-state index in [1.807, 2.05) is 0 Å². The van der Waals surface area contributed by atoms with E-state index in [1.54, 1.807) is 0 Å². The molecule has 1 rings (SSSR count). The summed E-state index contributed by atoms with van der Waals surface area (Å²) in [5.74, 6) is -2.38. The van der Waals surface area contributed by atoms with Crippen LogP contribution in [0.1, 0.15) is 0 Å². The van der Waals surface area contributed by atoms with Crippen LogP contribution < -0.4 is 10.5 Å². The summed E-state index contributed by atoms with van der Waals surface area (Å²) in [7, 11) is -3.22. The lowest BCUT2D eigenvalue weighted by Crippen LogP contribution is -2.46. The number of primary sulfonamides is 1. The number of carboxylic acid groups (broad SMARTS) is 1. The number of carboxylic acids is 1. The van der Waals surface area contributed by atoms with Crippen LogP contribution in [0.15, 0.2) is 0 Å². The Bertz CT molecular complexity index is 336. The highest BCUT2D eigenvalue weighted by Crippen LogP contribution is 2.13. The predicted molar refractivity (Wildman–Crippen MR) is 48.0 cm³/mol. The van der Waals surface area contributed by atoms with Crippen molar-refractivity contribution in [2.45, 2.75) is 6.18 Å². The molecule has 4 N–H and O–H groups in total. The van der Waals surface area contributed by atoms with Crippen molar-refractivity contribution in [3.63, 3.8) is 0 Å². The zero-order valence-corrected chi connectivity index (χ0v) is 8.81. The molecule has 6 nitrogen and oxygen atoms in total. The van der Waals surface area contributed by atoms with Gasteiger partial charge in [0, 0.05) is 13.1 Å². The van der Waals surface area contributed by atoms with Crippen molar-refractivity contribution in [2.75, 3.05) is 18.8 Å². The summed E-state index contributed by atoms with van der Waals surface area (Å²) < 4.78 is 52.5. The van der Waals surface area contributed by atoms with Crippen molar-refractivity contribution in [2.24, 2.45) is 11.1 Å². The van der Waals surface area contributed by atoms with Gasteiger partial charge in [0.05, 0.1) is 5.75 Å². The summed E-state index contributed by atoms with van der Waals surface area (Å²) in [5, 5.41) is 14.9. The number of sulfonamides is 1. The molecule has 0 amide bonds. The number of halogens is 3. The molecule has 16 heavy (non-hydrogen) atoms. The third-order valence-electron chi connectivity index (χ3n) is 1.58. The molecule has 0 aliphatic carbocycles. The smallest absolute Gasteiger partial charge is 0.475 e. The molecule has 0 unspecified atom stereocenters. The van der Waals surface area contributed by atoms with E-state index in [-0.39, 0.29) is 11.7 Å². The molecule has 10 heteroatoms. The van der Waals surface area contributed by atoms with E-state index in [4.69, 9.17) is 15.0 Å². The van der Waals surface area contributed by atoms with Gasteiger partial charge in [0.25, 0.3) is 0 Å². The van der Waals surface area contributed by atoms with Crippen LogP contribution in [0.25, 0.3) is 0 Å². The minimum atomic E-state index is -5.08.